The zero-order valence-electron chi connectivity index (χ0n) is 13.5. The summed E-state index contributed by atoms with van der Waals surface area (Å²) in [5.74, 6) is 1.79. The van der Waals surface area contributed by atoms with E-state index in [0.29, 0.717) is 11.3 Å². The first kappa shape index (κ1) is 18.1. The van der Waals surface area contributed by atoms with Crippen LogP contribution in [0.15, 0.2) is 4.99 Å². The summed E-state index contributed by atoms with van der Waals surface area (Å²) < 4.78 is 0. The van der Waals surface area contributed by atoms with E-state index in [0.717, 1.165) is 19.0 Å². The first-order valence-corrected chi connectivity index (χ1v) is 8.18. The third-order valence-corrected chi connectivity index (χ3v) is 4.59. The Kier molecular flexibility index (Phi) is 7.62. The highest BCUT2D eigenvalue weighted by atomic mass is 127. The van der Waals surface area contributed by atoms with Crippen molar-refractivity contribution in [3.63, 3.8) is 0 Å². The molecule has 20 heavy (non-hydrogen) atoms. The molecule has 0 aromatic heterocycles. The molecule has 2 fully saturated rings. The molecule has 1 aliphatic carbocycles. The molecule has 2 aliphatic rings. The second-order valence-corrected chi connectivity index (χ2v) is 6.82. The Hall–Kier alpha value is 0. The number of hydrogen-bond donors (Lipinski definition) is 1. The van der Waals surface area contributed by atoms with Crippen molar-refractivity contribution in [1.82, 2.24) is 10.2 Å². The standard InChI is InChI=1S/C16H31N3.HI/c1-4-17-15(18-12-14(2)3)19-11-10-16(13-19)8-6-5-7-9-16;/h14H,4-13H2,1-3H3,(H,17,18);1H. The van der Waals surface area contributed by atoms with E-state index in [1.807, 2.05) is 0 Å². The maximum absolute atomic E-state index is 4.80. The molecule has 0 amide bonds. The van der Waals surface area contributed by atoms with Gasteiger partial charge in [-0.15, -0.1) is 24.0 Å². The second kappa shape index (κ2) is 8.44. The molecule has 2 rings (SSSR count). The maximum Gasteiger partial charge on any atom is 0.193 e. The smallest absolute Gasteiger partial charge is 0.193 e. The monoisotopic (exact) mass is 393 g/mol. The summed E-state index contributed by atoms with van der Waals surface area (Å²) in [5, 5.41) is 3.48. The molecule has 3 nitrogen and oxygen atoms in total. The largest absolute Gasteiger partial charge is 0.357 e. The van der Waals surface area contributed by atoms with Crippen LogP contribution in [0.1, 0.15) is 59.3 Å². The molecule has 0 aromatic rings. The summed E-state index contributed by atoms with van der Waals surface area (Å²) in [4.78, 5) is 7.32. The van der Waals surface area contributed by atoms with Gasteiger partial charge >= 0.3 is 0 Å². The zero-order chi connectivity index (χ0) is 13.7. The fraction of sp³-hybridized carbons (Fsp3) is 0.938. The van der Waals surface area contributed by atoms with E-state index in [1.54, 1.807) is 0 Å². The topological polar surface area (TPSA) is 27.6 Å². The number of rotatable bonds is 3. The lowest BCUT2D eigenvalue weighted by molar-refractivity contribution is 0.203. The SMILES string of the molecule is CCNC(=NCC(C)C)N1CCC2(CCCCC2)C1.I. The number of nitrogens with one attached hydrogen (secondary N) is 1. The second-order valence-electron chi connectivity index (χ2n) is 6.82. The van der Waals surface area contributed by atoms with Gasteiger partial charge in [0.2, 0.25) is 0 Å². The van der Waals surface area contributed by atoms with E-state index in [4.69, 9.17) is 4.99 Å². The first-order valence-electron chi connectivity index (χ1n) is 8.18. The van der Waals surface area contributed by atoms with Gasteiger partial charge in [-0.2, -0.15) is 0 Å². The lowest BCUT2D eigenvalue weighted by atomic mass is 9.73. The summed E-state index contributed by atoms with van der Waals surface area (Å²) in [6.45, 7) is 11.0. The van der Waals surface area contributed by atoms with Gasteiger partial charge in [-0.1, -0.05) is 33.1 Å². The summed E-state index contributed by atoms with van der Waals surface area (Å²) in [6, 6.07) is 0. The van der Waals surface area contributed by atoms with Crippen LogP contribution in [-0.4, -0.2) is 37.0 Å². The van der Waals surface area contributed by atoms with Gasteiger partial charge in [0.25, 0.3) is 0 Å². The molecule has 118 valence electrons. The van der Waals surface area contributed by atoms with Gasteiger partial charge in [-0.25, -0.2) is 0 Å². The van der Waals surface area contributed by atoms with Crippen LogP contribution in [0.25, 0.3) is 0 Å². The quantitative estimate of drug-likeness (QED) is 0.448. The van der Waals surface area contributed by atoms with Crippen molar-refractivity contribution in [2.24, 2.45) is 16.3 Å². The van der Waals surface area contributed by atoms with E-state index < -0.39 is 0 Å². The molecule has 0 aromatic carbocycles. The van der Waals surface area contributed by atoms with Gasteiger partial charge in [-0.3, -0.25) is 4.99 Å². The summed E-state index contributed by atoms with van der Waals surface area (Å²) in [5.41, 5.74) is 0.617. The lowest BCUT2D eigenvalue weighted by Crippen LogP contribution is -2.41. The molecular formula is C16H32IN3. The van der Waals surface area contributed by atoms with Gasteiger partial charge in [0.15, 0.2) is 5.96 Å². The Bertz CT molecular complexity index is 309. The Balaban J connectivity index is 0.00000200. The molecule has 1 saturated heterocycles. The van der Waals surface area contributed by atoms with Crippen LogP contribution in [0.5, 0.6) is 0 Å². The number of likely N-dealkylation sites (tertiary alicyclic amines) is 1. The average molecular weight is 393 g/mol. The highest BCUT2D eigenvalue weighted by Gasteiger charge is 2.39. The third kappa shape index (κ3) is 4.78. The third-order valence-electron chi connectivity index (χ3n) is 4.59. The molecule has 1 aliphatic heterocycles. The van der Waals surface area contributed by atoms with Crippen LogP contribution in [-0.2, 0) is 0 Å². The molecule has 0 atom stereocenters. The number of halogens is 1. The van der Waals surface area contributed by atoms with Gasteiger partial charge in [0.05, 0.1) is 0 Å². The number of guanidine groups is 1. The van der Waals surface area contributed by atoms with Crippen molar-refractivity contribution < 1.29 is 0 Å². The van der Waals surface area contributed by atoms with Crippen LogP contribution in [0.4, 0.5) is 0 Å². The Morgan fingerprint density at radius 1 is 1.20 bits per heavy atom. The van der Waals surface area contributed by atoms with E-state index in [1.165, 1.54) is 51.6 Å². The van der Waals surface area contributed by atoms with E-state index in [-0.39, 0.29) is 24.0 Å². The van der Waals surface area contributed by atoms with Crippen LogP contribution in [0.2, 0.25) is 0 Å². The van der Waals surface area contributed by atoms with Crippen molar-refractivity contribution in [3.05, 3.63) is 0 Å². The molecule has 0 bridgehead atoms. The summed E-state index contributed by atoms with van der Waals surface area (Å²) in [6.07, 6.45) is 8.57. The predicted octanol–water partition coefficient (Wildman–Crippen LogP) is 3.88. The van der Waals surface area contributed by atoms with Crippen LogP contribution < -0.4 is 5.32 Å². The number of nitrogens with zero attached hydrogens (tertiary/aromatic N) is 2. The molecule has 1 N–H and O–H groups in total. The van der Waals surface area contributed by atoms with Crippen LogP contribution >= 0.6 is 24.0 Å². The van der Waals surface area contributed by atoms with Crippen molar-refractivity contribution >= 4 is 29.9 Å². The van der Waals surface area contributed by atoms with Gasteiger partial charge in [0, 0.05) is 26.2 Å². The van der Waals surface area contributed by atoms with E-state index >= 15 is 0 Å². The fourth-order valence-corrected chi connectivity index (χ4v) is 3.52. The maximum atomic E-state index is 4.80. The Morgan fingerprint density at radius 2 is 1.90 bits per heavy atom. The molecule has 0 unspecified atom stereocenters. The van der Waals surface area contributed by atoms with Crippen molar-refractivity contribution in [2.45, 2.75) is 59.3 Å². The van der Waals surface area contributed by atoms with Crippen molar-refractivity contribution in [1.29, 1.82) is 0 Å². The summed E-state index contributed by atoms with van der Waals surface area (Å²) in [7, 11) is 0. The van der Waals surface area contributed by atoms with Gasteiger partial charge < -0.3 is 10.2 Å². The Morgan fingerprint density at radius 3 is 2.50 bits per heavy atom. The fourth-order valence-electron chi connectivity index (χ4n) is 3.52. The predicted molar refractivity (Wildman–Crippen MR) is 97.9 cm³/mol. The van der Waals surface area contributed by atoms with E-state index in [9.17, 15) is 0 Å². The first-order chi connectivity index (χ1) is 9.15. The van der Waals surface area contributed by atoms with E-state index in [2.05, 4.69) is 31.0 Å². The molecule has 1 heterocycles. The summed E-state index contributed by atoms with van der Waals surface area (Å²) >= 11 is 0. The normalized spacial score (nSPS) is 22.2. The Labute approximate surface area is 142 Å². The molecular weight excluding hydrogens is 361 g/mol. The van der Waals surface area contributed by atoms with Crippen LogP contribution in [0.3, 0.4) is 0 Å². The highest BCUT2D eigenvalue weighted by molar-refractivity contribution is 14.0. The lowest BCUT2D eigenvalue weighted by Gasteiger charge is -2.33. The van der Waals surface area contributed by atoms with Crippen LogP contribution in [0, 0.1) is 11.3 Å². The van der Waals surface area contributed by atoms with Gasteiger partial charge in [0.1, 0.15) is 0 Å². The molecule has 0 radical (unpaired) electrons. The molecule has 1 saturated carbocycles. The molecule has 4 heteroatoms. The average Bonchev–Trinajstić information content (AvgIpc) is 2.79. The zero-order valence-corrected chi connectivity index (χ0v) is 15.8. The minimum atomic E-state index is 0. The van der Waals surface area contributed by atoms with Gasteiger partial charge in [-0.05, 0) is 37.5 Å². The van der Waals surface area contributed by atoms with Crippen molar-refractivity contribution in [2.75, 3.05) is 26.2 Å². The van der Waals surface area contributed by atoms with Crippen molar-refractivity contribution in [3.8, 4) is 0 Å². The molecule has 1 spiro atoms. The number of aliphatic imine (C=N–C) groups is 1. The minimum Gasteiger partial charge on any atom is -0.357 e. The highest BCUT2D eigenvalue weighted by Crippen LogP contribution is 2.43. The minimum absolute atomic E-state index is 0. The number of hydrogen-bond acceptors (Lipinski definition) is 1.